The Hall–Kier alpha value is -2.11. The van der Waals surface area contributed by atoms with Gasteiger partial charge in [0, 0.05) is 11.1 Å². The molecular formula is C15H10ClNO3S. The van der Waals surface area contributed by atoms with Gasteiger partial charge in [-0.05, 0) is 35.7 Å². The predicted octanol–water partition coefficient (Wildman–Crippen LogP) is 4.41. The number of nitrogens with zero attached hydrogens (tertiary/aromatic N) is 1. The Morgan fingerprint density at radius 3 is 2.81 bits per heavy atom. The normalized spacial score (nSPS) is 10.5. The number of thiophene rings is 1. The molecule has 106 valence electrons. The molecular weight excluding hydrogens is 310 g/mol. The summed E-state index contributed by atoms with van der Waals surface area (Å²) in [6.07, 6.45) is 0. The maximum absolute atomic E-state index is 11.8. The molecule has 2 heterocycles. The van der Waals surface area contributed by atoms with E-state index >= 15 is 0 Å². The van der Waals surface area contributed by atoms with Crippen LogP contribution in [0.2, 0.25) is 5.02 Å². The fourth-order valence-electron chi connectivity index (χ4n) is 1.72. The van der Waals surface area contributed by atoms with Crippen LogP contribution in [0, 0.1) is 0 Å². The topological polar surface area (TPSA) is 52.3 Å². The monoisotopic (exact) mass is 319 g/mol. The van der Waals surface area contributed by atoms with Gasteiger partial charge in [-0.15, -0.1) is 11.3 Å². The molecule has 3 rings (SSSR count). The summed E-state index contributed by atoms with van der Waals surface area (Å²) in [6, 6.07) is 12.2. The van der Waals surface area contributed by atoms with E-state index in [1.54, 1.807) is 41.7 Å². The van der Waals surface area contributed by atoms with E-state index in [4.69, 9.17) is 20.9 Å². The Kier molecular flexibility index (Phi) is 4.03. The number of carbonyl (C=O) groups excluding carboxylic acids is 1. The van der Waals surface area contributed by atoms with Gasteiger partial charge in [0.15, 0.2) is 5.76 Å². The molecule has 0 aliphatic rings. The van der Waals surface area contributed by atoms with Crippen LogP contribution >= 0.6 is 22.9 Å². The summed E-state index contributed by atoms with van der Waals surface area (Å²) in [5.74, 6) is 0.245. The Morgan fingerprint density at radius 1 is 1.29 bits per heavy atom. The fraction of sp³-hybridized carbons (Fsp3) is 0.0667. The summed E-state index contributed by atoms with van der Waals surface area (Å²) < 4.78 is 10.4. The van der Waals surface area contributed by atoms with Gasteiger partial charge < -0.3 is 9.26 Å². The average molecular weight is 320 g/mol. The van der Waals surface area contributed by atoms with Crippen molar-refractivity contribution in [2.24, 2.45) is 0 Å². The summed E-state index contributed by atoms with van der Waals surface area (Å²) in [7, 11) is 0. The molecule has 0 N–H and O–H groups in total. The van der Waals surface area contributed by atoms with E-state index in [0.717, 1.165) is 4.88 Å². The van der Waals surface area contributed by atoms with Gasteiger partial charge in [0.25, 0.3) is 0 Å². The lowest BCUT2D eigenvalue weighted by molar-refractivity contribution is 0.0464. The van der Waals surface area contributed by atoms with Crippen LogP contribution in [0.5, 0.6) is 0 Å². The summed E-state index contributed by atoms with van der Waals surface area (Å²) in [6.45, 7) is 0.0658. The maximum Gasteiger partial charge on any atom is 0.338 e. The second-order valence-corrected chi connectivity index (χ2v) is 5.63. The van der Waals surface area contributed by atoms with E-state index in [2.05, 4.69) is 5.16 Å². The van der Waals surface area contributed by atoms with E-state index in [1.807, 2.05) is 17.5 Å². The number of esters is 1. The van der Waals surface area contributed by atoms with E-state index in [-0.39, 0.29) is 6.61 Å². The first kappa shape index (κ1) is 13.9. The molecule has 0 spiro atoms. The van der Waals surface area contributed by atoms with Crippen LogP contribution in [0.15, 0.2) is 52.4 Å². The molecule has 0 unspecified atom stereocenters. The third kappa shape index (κ3) is 3.32. The highest BCUT2D eigenvalue weighted by molar-refractivity contribution is 7.13. The molecule has 0 amide bonds. The van der Waals surface area contributed by atoms with E-state index in [9.17, 15) is 4.79 Å². The highest BCUT2D eigenvalue weighted by atomic mass is 35.5. The Labute approximate surface area is 129 Å². The lowest BCUT2D eigenvalue weighted by atomic mass is 10.2. The summed E-state index contributed by atoms with van der Waals surface area (Å²) in [4.78, 5) is 12.8. The van der Waals surface area contributed by atoms with Crippen LogP contribution in [0.3, 0.4) is 0 Å². The minimum Gasteiger partial charge on any atom is -0.455 e. The van der Waals surface area contributed by atoms with Gasteiger partial charge in [0.2, 0.25) is 0 Å². The predicted molar refractivity (Wildman–Crippen MR) is 80.4 cm³/mol. The molecule has 0 bridgehead atoms. The summed E-state index contributed by atoms with van der Waals surface area (Å²) in [5.41, 5.74) is 1.02. The van der Waals surface area contributed by atoms with Crippen molar-refractivity contribution in [3.05, 3.63) is 64.1 Å². The molecule has 0 saturated carbocycles. The number of carbonyl (C=O) groups is 1. The van der Waals surface area contributed by atoms with Gasteiger partial charge in [0.1, 0.15) is 12.3 Å². The third-order valence-corrected chi connectivity index (χ3v) is 3.89. The quantitative estimate of drug-likeness (QED) is 0.668. The van der Waals surface area contributed by atoms with Crippen LogP contribution in [0.4, 0.5) is 0 Å². The zero-order valence-electron chi connectivity index (χ0n) is 10.8. The second-order valence-electron chi connectivity index (χ2n) is 4.24. The molecule has 2 aromatic heterocycles. The number of rotatable bonds is 4. The Morgan fingerprint density at radius 2 is 2.10 bits per heavy atom. The molecule has 0 radical (unpaired) electrons. The Balaban J connectivity index is 1.62. The molecule has 4 nitrogen and oxygen atoms in total. The van der Waals surface area contributed by atoms with Crippen LogP contribution in [0.25, 0.3) is 10.6 Å². The number of halogens is 1. The van der Waals surface area contributed by atoms with Crippen LogP contribution in [-0.4, -0.2) is 11.1 Å². The molecule has 0 aliphatic heterocycles. The molecule has 0 fully saturated rings. The van der Waals surface area contributed by atoms with Crippen molar-refractivity contribution in [1.82, 2.24) is 5.16 Å². The average Bonchev–Trinajstić information content (AvgIpc) is 3.16. The highest BCUT2D eigenvalue weighted by Gasteiger charge is 2.11. The lowest BCUT2D eigenvalue weighted by Gasteiger charge is -2.02. The van der Waals surface area contributed by atoms with Gasteiger partial charge in [-0.3, -0.25) is 0 Å². The van der Waals surface area contributed by atoms with Crippen molar-refractivity contribution in [3.8, 4) is 10.6 Å². The largest absolute Gasteiger partial charge is 0.455 e. The summed E-state index contributed by atoms with van der Waals surface area (Å²) >= 11 is 7.33. The smallest absolute Gasteiger partial charge is 0.338 e. The van der Waals surface area contributed by atoms with Gasteiger partial charge in [-0.2, -0.15) is 0 Å². The first-order valence-electron chi connectivity index (χ1n) is 6.14. The Bertz CT molecular complexity index is 735. The standard InChI is InChI=1S/C15H10ClNO3S/c16-11-5-3-10(4-6-11)15(18)19-9-12-8-13(20-17-12)14-2-1-7-21-14/h1-8H,9H2. The van der Waals surface area contributed by atoms with Gasteiger partial charge in [-0.25, -0.2) is 4.79 Å². The van der Waals surface area contributed by atoms with Crippen molar-refractivity contribution in [2.45, 2.75) is 6.61 Å². The van der Waals surface area contributed by atoms with Crippen molar-refractivity contribution in [2.75, 3.05) is 0 Å². The first-order valence-corrected chi connectivity index (χ1v) is 7.40. The maximum atomic E-state index is 11.8. The first-order chi connectivity index (χ1) is 10.2. The van der Waals surface area contributed by atoms with E-state index < -0.39 is 5.97 Å². The zero-order chi connectivity index (χ0) is 14.7. The molecule has 21 heavy (non-hydrogen) atoms. The molecule has 0 saturated heterocycles. The second kappa shape index (κ2) is 6.11. The van der Waals surface area contributed by atoms with Crippen molar-refractivity contribution < 1.29 is 14.1 Å². The SMILES string of the molecule is O=C(OCc1cc(-c2cccs2)on1)c1ccc(Cl)cc1. The summed E-state index contributed by atoms with van der Waals surface area (Å²) in [5, 5.41) is 6.41. The fourth-order valence-corrected chi connectivity index (χ4v) is 2.52. The number of aromatic nitrogens is 1. The van der Waals surface area contributed by atoms with Crippen LogP contribution in [0.1, 0.15) is 16.1 Å². The van der Waals surface area contributed by atoms with Crippen molar-refractivity contribution >= 4 is 28.9 Å². The molecule has 3 aromatic rings. The molecule has 0 aliphatic carbocycles. The lowest BCUT2D eigenvalue weighted by Crippen LogP contribution is -2.05. The van der Waals surface area contributed by atoms with Crippen molar-refractivity contribution in [3.63, 3.8) is 0 Å². The number of hydrogen-bond acceptors (Lipinski definition) is 5. The molecule has 0 atom stereocenters. The third-order valence-electron chi connectivity index (χ3n) is 2.75. The van der Waals surface area contributed by atoms with Gasteiger partial charge >= 0.3 is 5.97 Å². The number of benzene rings is 1. The highest BCUT2D eigenvalue weighted by Crippen LogP contribution is 2.25. The number of hydrogen-bond donors (Lipinski definition) is 0. The molecule has 1 aromatic carbocycles. The molecule has 6 heteroatoms. The van der Waals surface area contributed by atoms with Crippen molar-refractivity contribution in [1.29, 1.82) is 0 Å². The van der Waals surface area contributed by atoms with Crippen LogP contribution < -0.4 is 0 Å². The zero-order valence-corrected chi connectivity index (χ0v) is 12.4. The van der Waals surface area contributed by atoms with Gasteiger partial charge in [-0.1, -0.05) is 22.8 Å². The minimum absolute atomic E-state index is 0.0658. The van der Waals surface area contributed by atoms with Gasteiger partial charge in [0.05, 0.1) is 10.4 Å². The minimum atomic E-state index is -0.424. The number of ether oxygens (including phenoxy) is 1. The van der Waals surface area contributed by atoms with E-state index in [0.29, 0.717) is 22.0 Å². The van der Waals surface area contributed by atoms with E-state index in [1.165, 1.54) is 0 Å². The van der Waals surface area contributed by atoms with Crippen LogP contribution in [-0.2, 0) is 11.3 Å².